The van der Waals surface area contributed by atoms with Crippen LogP contribution in [-0.2, 0) is 20.8 Å². The third-order valence-corrected chi connectivity index (χ3v) is 9.57. The Hall–Kier alpha value is -4.88. The normalized spacial score (nSPS) is 22.0. The molecule has 0 N–H and O–H groups in total. The maximum absolute atomic E-state index is 15.8. The van der Waals surface area contributed by atoms with Crippen molar-refractivity contribution in [1.29, 1.82) is 0 Å². The number of fused-ring (bicyclic) bond motifs is 5. The molecule has 0 unspecified atom stereocenters. The molecule has 1 saturated heterocycles. The summed E-state index contributed by atoms with van der Waals surface area (Å²) in [7, 11) is 1.42. The van der Waals surface area contributed by atoms with Gasteiger partial charge in [0, 0.05) is 54.8 Å². The van der Waals surface area contributed by atoms with Gasteiger partial charge in [0.2, 0.25) is 5.95 Å². The van der Waals surface area contributed by atoms with E-state index in [1.807, 2.05) is 4.57 Å². The summed E-state index contributed by atoms with van der Waals surface area (Å²) in [6.07, 6.45) is 4.43. The lowest BCUT2D eigenvalue weighted by Gasteiger charge is -2.36. The van der Waals surface area contributed by atoms with Crippen LogP contribution >= 0.6 is 0 Å². The Labute approximate surface area is 281 Å². The van der Waals surface area contributed by atoms with E-state index in [4.69, 9.17) is 14.2 Å². The molecular formula is C35H37F3N6O5. The summed E-state index contributed by atoms with van der Waals surface area (Å²) in [4.78, 5) is 43.0. The van der Waals surface area contributed by atoms with Crippen molar-refractivity contribution in [2.75, 3.05) is 31.6 Å². The predicted molar refractivity (Wildman–Crippen MR) is 173 cm³/mol. The summed E-state index contributed by atoms with van der Waals surface area (Å²) in [5.74, 6) is 0.394. The summed E-state index contributed by atoms with van der Waals surface area (Å²) in [5.41, 5.74) is 1.18. The topological polar surface area (TPSA) is 112 Å². The standard InChI is InChI=1S/C35H37F3N6O5/c1-35(2,3)49-34(46)43-17-27(22-7-5-6-8-28(22)48-32(37)38)44-26-11-23(24(36)12-25(26)41-29(44)18-43)21-13-39-33(40-14-21)42-15-19-9-10-20(16-42)30(19)31(45)47-4/h5-8,11-14,19-20,27,30,32H,9-10,15-18H2,1-4H3/t19-,20+,27-,30-/m0/s1. The van der Waals surface area contributed by atoms with Gasteiger partial charge in [0.05, 0.1) is 36.6 Å². The number of para-hydroxylation sites is 1. The number of nitrogens with zero attached hydrogens (tertiary/aromatic N) is 6. The van der Waals surface area contributed by atoms with Gasteiger partial charge in [-0.2, -0.15) is 8.78 Å². The molecule has 4 atom stereocenters. The molecule has 49 heavy (non-hydrogen) atoms. The molecule has 14 heteroatoms. The fourth-order valence-corrected chi connectivity index (χ4v) is 7.56. The van der Waals surface area contributed by atoms with E-state index < -0.39 is 30.2 Å². The van der Waals surface area contributed by atoms with Crippen molar-refractivity contribution in [3.8, 4) is 16.9 Å². The smallest absolute Gasteiger partial charge is 0.410 e. The second kappa shape index (κ2) is 12.5. The van der Waals surface area contributed by atoms with Crippen molar-refractivity contribution in [2.24, 2.45) is 17.8 Å². The quantitative estimate of drug-likeness (QED) is 0.220. The van der Waals surface area contributed by atoms with Crippen LogP contribution in [-0.4, -0.2) is 75.4 Å². The zero-order valence-corrected chi connectivity index (χ0v) is 27.6. The Bertz CT molecular complexity index is 1880. The first-order valence-corrected chi connectivity index (χ1v) is 16.3. The number of anilines is 1. The molecule has 11 nitrogen and oxygen atoms in total. The van der Waals surface area contributed by atoms with Crippen LogP contribution in [0.25, 0.3) is 22.2 Å². The minimum atomic E-state index is -3.07. The van der Waals surface area contributed by atoms with E-state index in [0.29, 0.717) is 47.0 Å². The number of ether oxygens (including phenoxy) is 3. The number of alkyl halides is 2. The van der Waals surface area contributed by atoms with Crippen LogP contribution in [0.5, 0.6) is 5.75 Å². The number of amides is 1. The first-order chi connectivity index (χ1) is 23.4. The van der Waals surface area contributed by atoms with Crippen molar-refractivity contribution >= 4 is 29.0 Å². The molecule has 1 aliphatic carbocycles. The number of benzene rings is 2. The number of hydrogen-bond donors (Lipinski definition) is 0. The van der Waals surface area contributed by atoms with Crippen LogP contribution in [0.1, 0.15) is 51.0 Å². The fraction of sp³-hybridized carbons (Fsp3) is 0.457. The summed E-state index contributed by atoms with van der Waals surface area (Å²) in [6.45, 7) is 3.59. The number of rotatable bonds is 6. The van der Waals surface area contributed by atoms with Gasteiger partial charge in [0.1, 0.15) is 23.0 Å². The molecule has 7 rings (SSSR count). The van der Waals surface area contributed by atoms with Gasteiger partial charge >= 0.3 is 18.7 Å². The van der Waals surface area contributed by atoms with Gasteiger partial charge in [-0.1, -0.05) is 18.2 Å². The Morgan fingerprint density at radius 3 is 2.35 bits per heavy atom. The summed E-state index contributed by atoms with van der Waals surface area (Å²) < 4.78 is 60.1. The van der Waals surface area contributed by atoms with E-state index in [0.717, 1.165) is 12.8 Å². The minimum absolute atomic E-state index is 0.0447. The van der Waals surface area contributed by atoms with Gasteiger partial charge in [-0.15, -0.1) is 0 Å². The summed E-state index contributed by atoms with van der Waals surface area (Å²) in [5, 5.41) is 0. The number of imidazole rings is 1. The highest BCUT2D eigenvalue weighted by molar-refractivity contribution is 5.84. The van der Waals surface area contributed by atoms with Crippen molar-refractivity contribution in [2.45, 2.75) is 58.4 Å². The molecule has 2 fully saturated rings. The molecule has 2 bridgehead atoms. The molecule has 0 spiro atoms. The maximum Gasteiger partial charge on any atom is 0.410 e. The molecular weight excluding hydrogens is 641 g/mol. The fourth-order valence-electron chi connectivity index (χ4n) is 7.56. The molecule has 2 aromatic heterocycles. The Kier molecular flexibility index (Phi) is 8.35. The van der Waals surface area contributed by atoms with E-state index in [2.05, 4.69) is 19.9 Å². The van der Waals surface area contributed by atoms with E-state index >= 15 is 4.39 Å². The predicted octanol–water partition coefficient (Wildman–Crippen LogP) is 6.21. The van der Waals surface area contributed by atoms with Gasteiger partial charge in [-0.25, -0.2) is 24.1 Å². The lowest BCUT2D eigenvalue weighted by molar-refractivity contribution is -0.148. The number of halogens is 3. The lowest BCUT2D eigenvalue weighted by atomic mass is 9.85. The number of carbonyl (C=O) groups excluding carboxylic acids is 2. The molecule has 1 amide bonds. The maximum atomic E-state index is 15.8. The molecule has 258 valence electrons. The molecule has 0 radical (unpaired) electrons. The van der Waals surface area contributed by atoms with Crippen LogP contribution in [0.4, 0.5) is 23.9 Å². The van der Waals surface area contributed by atoms with Gasteiger partial charge in [0.15, 0.2) is 0 Å². The zero-order valence-electron chi connectivity index (χ0n) is 27.6. The Balaban J connectivity index is 1.24. The zero-order chi connectivity index (χ0) is 34.6. The minimum Gasteiger partial charge on any atom is -0.469 e. The SMILES string of the molecule is COC(=O)[C@@H]1[C@@H]2CC[C@H]1CN(c1ncc(-c3cc4c(cc3F)nc3n4[C@H](c4ccccc4OC(F)F)CN(C(=O)OC(C)(C)C)C3)cn1)C2. The van der Waals surface area contributed by atoms with Gasteiger partial charge in [0.25, 0.3) is 0 Å². The molecule has 1 saturated carbocycles. The molecule has 2 aliphatic heterocycles. The second-order valence-electron chi connectivity index (χ2n) is 13.8. The molecule has 4 aromatic rings. The average Bonchev–Trinajstić information content (AvgIpc) is 3.55. The number of piperidine rings is 1. The highest BCUT2D eigenvalue weighted by atomic mass is 19.3. The van der Waals surface area contributed by atoms with Crippen LogP contribution in [0.2, 0.25) is 0 Å². The second-order valence-corrected chi connectivity index (χ2v) is 13.8. The van der Waals surface area contributed by atoms with Gasteiger partial charge in [-0.05, 0) is 57.6 Å². The van der Waals surface area contributed by atoms with Crippen LogP contribution in [0.3, 0.4) is 0 Å². The third kappa shape index (κ3) is 6.24. The number of aromatic nitrogens is 4. The number of carbonyl (C=O) groups is 2. The lowest BCUT2D eigenvalue weighted by Crippen LogP contribution is -2.45. The first kappa shape index (κ1) is 32.7. The number of esters is 1. The van der Waals surface area contributed by atoms with E-state index in [1.54, 1.807) is 57.4 Å². The van der Waals surface area contributed by atoms with Crippen LogP contribution < -0.4 is 9.64 Å². The largest absolute Gasteiger partial charge is 0.469 e. The van der Waals surface area contributed by atoms with E-state index in [1.165, 1.54) is 24.1 Å². The average molecular weight is 679 g/mol. The number of methoxy groups -OCH3 is 1. The van der Waals surface area contributed by atoms with Crippen molar-refractivity contribution in [3.63, 3.8) is 0 Å². The molecule has 4 heterocycles. The van der Waals surface area contributed by atoms with Gasteiger partial charge < -0.3 is 23.7 Å². The summed E-state index contributed by atoms with van der Waals surface area (Å²) >= 11 is 0. The van der Waals surface area contributed by atoms with E-state index in [-0.39, 0.29) is 48.1 Å². The highest BCUT2D eigenvalue weighted by Crippen LogP contribution is 2.43. The van der Waals surface area contributed by atoms with Crippen molar-refractivity contribution < 1.29 is 37.0 Å². The third-order valence-electron chi connectivity index (χ3n) is 9.57. The van der Waals surface area contributed by atoms with Crippen molar-refractivity contribution in [1.82, 2.24) is 24.4 Å². The number of hydrogen-bond acceptors (Lipinski definition) is 9. The van der Waals surface area contributed by atoms with Crippen LogP contribution in [0.15, 0.2) is 48.8 Å². The van der Waals surface area contributed by atoms with Gasteiger partial charge in [-0.3, -0.25) is 9.69 Å². The summed E-state index contributed by atoms with van der Waals surface area (Å²) in [6, 6.07) is 8.65. The first-order valence-electron chi connectivity index (χ1n) is 16.3. The monoisotopic (exact) mass is 678 g/mol. The van der Waals surface area contributed by atoms with Crippen molar-refractivity contribution in [3.05, 3.63) is 66.0 Å². The molecule has 3 aliphatic rings. The molecule has 2 aromatic carbocycles. The van der Waals surface area contributed by atoms with Crippen LogP contribution in [0, 0.1) is 23.6 Å². The van der Waals surface area contributed by atoms with E-state index in [9.17, 15) is 18.4 Å². The Morgan fingerprint density at radius 2 is 1.69 bits per heavy atom. The Morgan fingerprint density at radius 1 is 1.00 bits per heavy atom. The highest BCUT2D eigenvalue weighted by Gasteiger charge is 2.47.